The number of alkyl carbamates (subject to hydrolysis) is 1. The zero-order valence-electron chi connectivity index (χ0n) is 11.6. The van der Waals surface area contributed by atoms with E-state index < -0.39 is 27.8 Å². The van der Waals surface area contributed by atoms with Crippen molar-refractivity contribution in [2.24, 2.45) is 0 Å². The summed E-state index contributed by atoms with van der Waals surface area (Å²) >= 11 is 0. The van der Waals surface area contributed by atoms with E-state index in [0.29, 0.717) is 6.29 Å². The summed E-state index contributed by atoms with van der Waals surface area (Å²) in [6.45, 7) is 6.28. The fourth-order valence-corrected chi connectivity index (χ4v) is 1.47. The first-order valence-electron chi connectivity index (χ1n) is 5.75. The second kappa shape index (κ2) is 5.27. The number of carbonyl (C=O) groups excluding carboxylic acids is 2. The van der Waals surface area contributed by atoms with E-state index in [1.165, 1.54) is 6.92 Å². The summed E-state index contributed by atoms with van der Waals surface area (Å²) < 4.78 is 5.02. The van der Waals surface area contributed by atoms with Gasteiger partial charge in [-0.15, -0.1) is 0 Å². The van der Waals surface area contributed by atoms with E-state index in [1.54, 1.807) is 20.8 Å². The molecule has 1 atom stereocenters. The summed E-state index contributed by atoms with van der Waals surface area (Å²) in [4.78, 5) is 33.1. The molecule has 20 heavy (non-hydrogen) atoms. The van der Waals surface area contributed by atoms with Gasteiger partial charge in [-0.05, 0) is 27.7 Å². The quantitative estimate of drug-likeness (QED) is 0.486. The molecule has 0 aliphatic heterocycles. The van der Waals surface area contributed by atoms with Crippen molar-refractivity contribution in [3.05, 3.63) is 22.0 Å². The topological polar surface area (TPSA) is 127 Å². The van der Waals surface area contributed by atoms with E-state index in [1.807, 2.05) is 0 Å². The van der Waals surface area contributed by atoms with Crippen molar-refractivity contribution in [2.45, 2.75) is 38.8 Å². The van der Waals surface area contributed by atoms with E-state index >= 15 is 0 Å². The van der Waals surface area contributed by atoms with Gasteiger partial charge in [0.05, 0.1) is 4.92 Å². The molecule has 0 saturated heterocycles. The van der Waals surface area contributed by atoms with Crippen LogP contribution < -0.4 is 5.32 Å². The van der Waals surface area contributed by atoms with Gasteiger partial charge in [-0.3, -0.25) is 15.2 Å². The fourth-order valence-electron chi connectivity index (χ4n) is 1.47. The molecular formula is C11H16N4O5. The van der Waals surface area contributed by atoms with E-state index in [0.717, 1.165) is 6.20 Å². The molecule has 1 amide bonds. The molecule has 0 radical (unpaired) electrons. The Labute approximate surface area is 114 Å². The van der Waals surface area contributed by atoms with Crippen molar-refractivity contribution >= 4 is 18.1 Å². The predicted molar refractivity (Wildman–Crippen MR) is 68.0 cm³/mol. The normalized spacial score (nSPS) is 14.2. The van der Waals surface area contributed by atoms with Gasteiger partial charge in [0.1, 0.15) is 23.0 Å². The molecule has 1 rings (SSSR count). The van der Waals surface area contributed by atoms with E-state index in [9.17, 15) is 19.7 Å². The van der Waals surface area contributed by atoms with Crippen molar-refractivity contribution in [1.82, 2.24) is 15.5 Å². The number of nitrogens with one attached hydrogen (secondary N) is 2. The highest BCUT2D eigenvalue weighted by molar-refractivity contribution is 5.78. The van der Waals surface area contributed by atoms with Crippen molar-refractivity contribution in [3.8, 4) is 0 Å². The van der Waals surface area contributed by atoms with Gasteiger partial charge < -0.3 is 14.8 Å². The van der Waals surface area contributed by atoms with Crippen LogP contribution in [0.5, 0.6) is 0 Å². The van der Waals surface area contributed by atoms with Gasteiger partial charge in [0.15, 0.2) is 6.29 Å². The van der Waals surface area contributed by atoms with Crippen molar-refractivity contribution < 1.29 is 19.2 Å². The lowest BCUT2D eigenvalue weighted by Gasteiger charge is -2.26. The van der Waals surface area contributed by atoms with E-state index in [-0.39, 0.29) is 5.69 Å². The first-order chi connectivity index (χ1) is 9.09. The molecule has 0 saturated carbocycles. The van der Waals surface area contributed by atoms with Crippen LogP contribution in [0.2, 0.25) is 0 Å². The Balaban J connectivity index is 3.03. The summed E-state index contributed by atoms with van der Waals surface area (Å²) in [7, 11) is 0. The third-order valence-corrected chi connectivity index (χ3v) is 2.33. The largest absolute Gasteiger partial charge is 0.444 e. The van der Waals surface area contributed by atoms with Gasteiger partial charge in [0.2, 0.25) is 0 Å². The molecule has 110 valence electrons. The highest BCUT2D eigenvalue weighted by atomic mass is 16.6. The molecule has 1 aromatic heterocycles. The van der Waals surface area contributed by atoms with Crippen LogP contribution >= 0.6 is 0 Å². The maximum atomic E-state index is 11.7. The number of rotatable bonds is 4. The molecule has 1 heterocycles. The lowest BCUT2D eigenvalue weighted by atomic mass is 9.99. The average Bonchev–Trinajstić information content (AvgIpc) is 2.75. The molecule has 1 unspecified atom stereocenters. The molecule has 0 spiro atoms. The van der Waals surface area contributed by atoms with Crippen molar-refractivity contribution in [2.75, 3.05) is 0 Å². The minimum absolute atomic E-state index is 0.122. The fraction of sp³-hybridized carbons (Fsp3) is 0.545. The summed E-state index contributed by atoms with van der Waals surface area (Å²) in [5.41, 5.74) is -2.91. The number of amides is 1. The van der Waals surface area contributed by atoms with Crippen LogP contribution in [0.25, 0.3) is 0 Å². The molecule has 0 bridgehead atoms. The maximum Gasteiger partial charge on any atom is 0.408 e. The minimum Gasteiger partial charge on any atom is -0.444 e. The molecule has 2 N–H and O–H groups in total. The number of H-pyrrole nitrogens is 1. The van der Waals surface area contributed by atoms with Crippen LogP contribution in [-0.2, 0) is 15.1 Å². The molecule has 0 aliphatic rings. The molecule has 1 aromatic rings. The first kappa shape index (κ1) is 15.6. The second-order valence-electron chi connectivity index (χ2n) is 5.33. The van der Waals surface area contributed by atoms with Crippen LogP contribution in [0.15, 0.2) is 6.20 Å². The average molecular weight is 284 g/mol. The zero-order chi connectivity index (χ0) is 15.6. The minimum atomic E-state index is -1.64. The van der Waals surface area contributed by atoms with Gasteiger partial charge in [0, 0.05) is 0 Å². The van der Waals surface area contributed by atoms with Gasteiger partial charge in [0.25, 0.3) is 0 Å². The molecule has 9 heteroatoms. The number of aromatic nitrogens is 2. The predicted octanol–water partition coefficient (Wildman–Crippen LogP) is 1.26. The van der Waals surface area contributed by atoms with Crippen LogP contribution in [0.1, 0.15) is 33.4 Å². The number of aromatic amines is 1. The Morgan fingerprint density at radius 3 is 2.55 bits per heavy atom. The summed E-state index contributed by atoms with van der Waals surface area (Å²) in [6.07, 6.45) is 0.474. The number of nitrogens with zero attached hydrogens (tertiary/aromatic N) is 2. The molecule has 0 fully saturated rings. The Hall–Kier alpha value is -2.45. The van der Waals surface area contributed by atoms with Gasteiger partial charge in [-0.1, -0.05) is 0 Å². The number of aldehydes is 1. The zero-order valence-corrected chi connectivity index (χ0v) is 11.6. The number of hydrogen-bond acceptors (Lipinski definition) is 6. The lowest BCUT2D eigenvalue weighted by molar-refractivity contribution is -0.386. The second-order valence-corrected chi connectivity index (χ2v) is 5.33. The standard InChI is InChI=1S/C11H16N4O5/c1-10(2,3)20-9(17)13-11(4,6-16)8-7(15(18)19)5-12-14-8/h5-6H,1-4H3,(H,12,14)(H,13,17). The summed E-state index contributed by atoms with van der Waals surface area (Å²) in [5.74, 6) is 0. The monoisotopic (exact) mass is 284 g/mol. The van der Waals surface area contributed by atoms with E-state index in [2.05, 4.69) is 15.5 Å². The lowest BCUT2D eigenvalue weighted by Crippen LogP contribution is -2.47. The molecule has 0 aliphatic carbocycles. The van der Waals surface area contributed by atoms with Gasteiger partial charge >= 0.3 is 11.8 Å². The number of nitro groups is 1. The van der Waals surface area contributed by atoms with E-state index in [4.69, 9.17) is 4.74 Å². The van der Waals surface area contributed by atoms with Crippen LogP contribution in [0.3, 0.4) is 0 Å². The summed E-state index contributed by atoms with van der Waals surface area (Å²) in [5, 5.41) is 19.0. The molecule has 9 nitrogen and oxygen atoms in total. The Morgan fingerprint density at radius 2 is 2.10 bits per heavy atom. The highest BCUT2D eigenvalue weighted by Crippen LogP contribution is 2.26. The summed E-state index contributed by atoms with van der Waals surface area (Å²) in [6, 6.07) is 0. The van der Waals surface area contributed by atoms with Gasteiger partial charge in [-0.25, -0.2) is 4.79 Å². The Bertz CT molecular complexity index is 533. The Kier molecular flexibility index (Phi) is 4.11. The van der Waals surface area contributed by atoms with Crippen molar-refractivity contribution in [3.63, 3.8) is 0 Å². The van der Waals surface area contributed by atoms with Crippen LogP contribution in [0.4, 0.5) is 10.5 Å². The maximum absolute atomic E-state index is 11.7. The number of hydrogen-bond donors (Lipinski definition) is 2. The molecule has 0 aromatic carbocycles. The third-order valence-electron chi connectivity index (χ3n) is 2.33. The number of carbonyl (C=O) groups is 2. The van der Waals surface area contributed by atoms with Crippen LogP contribution in [-0.4, -0.2) is 33.1 Å². The van der Waals surface area contributed by atoms with Gasteiger partial charge in [-0.2, -0.15) is 5.10 Å². The molecular weight excluding hydrogens is 268 g/mol. The third kappa shape index (κ3) is 3.53. The smallest absolute Gasteiger partial charge is 0.408 e. The van der Waals surface area contributed by atoms with Crippen LogP contribution in [0, 0.1) is 10.1 Å². The van der Waals surface area contributed by atoms with Crippen molar-refractivity contribution in [1.29, 1.82) is 0 Å². The Morgan fingerprint density at radius 1 is 1.50 bits per heavy atom. The highest BCUT2D eigenvalue weighted by Gasteiger charge is 2.38. The number of ether oxygens (including phenoxy) is 1. The first-order valence-corrected chi connectivity index (χ1v) is 5.75. The SMILES string of the molecule is CC(C)(C)OC(=O)NC(C)(C=O)c1[nH]ncc1[N+](=O)[O-].